The summed E-state index contributed by atoms with van der Waals surface area (Å²) in [6, 6.07) is 11.6. The van der Waals surface area contributed by atoms with Gasteiger partial charge in [0.15, 0.2) is 0 Å². The number of nitrogens with zero attached hydrogens (tertiary/aromatic N) is 1. The van der Waals surface area contributed by atoms with Crippen molar-refractivity contribution in [3.63, 3.8) is 0 Å². The smallest absolute Gasteiger partial charge is 0.339 e. The van der Waals surface area contributed by atoms with Gasteiger partial charge in [-0.05, 0) is 81.0 Å². The van der Waals surface area contributed by atoms with Crippen LogP contribution in [0.5, 0.6) is 5.75 Å². The summed E-state index contributed by atoms with van der Waals surface area (Å²) in [6.45, 7) is 4.54. The van der Waals surface area contributed by atoms with Crippen molar-refractivity contribution in [1.82, 2.24) is 10.2 Å². The van der Waals surface area contributed by atoms with E-state index in [0.29, 0.717) is 30.3 Å². The van der Waals surface area contributed by atoms with Gasteiger partial charge >= 0.3 is 10.1 Å². The molecule has 2 aliphatic rings. The van der Waals surface area contributed by atoms with Gasteiger partial charge in [0.25, 0.3) is 5.91 Å². The molecule has 0 bridgehead atoms. The maximum Gasteiger partial charge on any atom is 0.339 e. The molecule has 2 amide bonds. The molecule has 0 spiro atoms. The first kappa shape index (κ1) is 22.3. The topological polar surface area (TPSA) is 92.8 Å². The predicted octanol–water partition coefficient (Wildman–Crippen LogP) is 3.20. The molecule has 8 heteroatoms. The van der Waals surface area contributed by atoms with Gasteiger partial charge in [-0.3, -0.25) is 9.59 Å². The Labute approximate surface area is 188 Å². The maximum absolute atomic E-state index is 12.9. The first-order valence-corrected chi connectivity index (χ1v) is 12.4. The number of piperidine rings is 1. The van der Waals surface area contributed by atoms with Gasteiger partial charge in [0, 0.05) is 24.7 Å². The summed E-state index contributed by atoms with van der Waals surface area (Å²) in [5.41, 5.74) is 1.86. The molecule has 1 aliphatic carbocycles. The Morgan fingerprint density at radius 1 is 1.03 bits per heavy atom. The van der Waals surface area contributed by atoms with Crippen LogP contribution in [-0.2, 0) is 14.9 Å². The molecule has 2 aromatic rings. The van der Waals surface area contributed by atoms with Crippen LogP contribution >= 0.6 is 0 Å². The molecule has 0 aromatic heterocycles. The monoisotopic (exact) mass is 456 g/mol. The second-order valence-electron chi connectivity index (χ2n) is 8.70. The van der Waals surface area contributed by atoms with Crippen LogP contribution in [0.3, 0.4) is 0 Å². The van der Waals surface area contributed by atoms with Crippen molar-refractivity contribution in [3.05, 3.63) is 59.2 Å². The number of carbonyl (C=O) groups excluding carboxylic acids is 2. The van der Waals surface area contributed by atoms with Crippen molar-refractivity contribution < 1.29 is 22.2 Å². The van der Waals surface area contributed by atoms with Crippen LogP contribution in [0.2, 0.25) is 0 Å². The lowest BCUT2D eigenvalue weighted by Gasteiger charge is -2.32. The molecule has 170 valence electrons. The fourth-order valence-corrected chi connectivity index (χ4v) is 5.15. The zero-order chi connectivity index (χ0) is 22.9. The molecule has 2 aromatic carbocycles. The molecule has 0 unspecified atom stereocenters. The standard InChI is InChI=1S/C24H28N2O5S/c1-16-5-6-17(2)22(14-16)32(29,30)31-21-11-7-18(8-12-21)24(28)26-13-3-4-19(15-26)23(27)25-20-9-10-20/h5-8,11-12,14,19-20H,3-4,9-10,13,15H2,1-2H3,(H,25,27)/t19-/m1/s1. The first-order chi connectivity index (χ1) is 15.2. The van der Waals surface area contributed by atoms with E-state index in [1.807, 2.05) is 13.0 Å². The van der Waals surface area contributed by atoms with Crippen LogP contribution in [0, 0.1) is 19.8 Å². The van der Waals surface area contributed by atoms with Gasteiger partial charge in [-0.1, -0.05) is 12.1 Å². The molecule has 1 N–H and O–H groups in total. The number of amides is 2. The summed E-state index contributed by atoms with van der Waals surface area (Å²) < 4.78 is 30.7. The maximum atomic E-state index is 12.9. The molecule has 1 saturated heterocycles. The lowest BCUT2D eigenvalue weighted by Crippen LogP contribution is -2.45. The second-order valence-corrected chi connectivity index (χ2v) is 10.2. The molecule has 0 radical (unpaired) electrons. The van der Waals surface area contributed by atoms with Crippen molar-refractivity contribution in [1.29, 1.82) is 0 Å². The van der Waals surface area contributed by atoms with E-state index in [2.05, 4.69) is 5.32 Å². The van der Waals surface area contributed by atoms with Gasteiger partial charge in [-0.25, -0.2) is 0 Å². The predicted molar refractivity (Wildman–Crippen MR) is 120 cm³/mol. The summed E-state index contributed by atoms with van der Waals surface area (Å²) in [4.78, 5) is 27.1. The highest BCUT2D eigenvalue weighted by atomic mass is 32.2. The minimum Gasteiger partial charge on any atom is -0.379 e. The van der Waals surface area contributed by atoms with Crippen molar-refractivity contribution >= 4 is 21.9 Å². The number of carbonyl (C=O) groups is 2. The number of hydrogen-bond donors (Lipinski definition) is 1. The molecule has 4 rings (SSSR count). The Balaban J connectivity index is 1.42. The van der Waals surface area contributed by atoms with E-state index in [0.717, 1.165) is 31.2 Å². The fraction of sp³-hybridized carbons (Fsp3) is 0.417. The molecule has 1 aliphatic heterocycles. The van der Waals surface area contributed by atoms with Crippen LogP contribution in [-0.4, -0.2) is 44.3 Å². The number of benzene rings is 2. The molecular weight excluding hydrogens is 428 g/mol. The number of likely N-dealkylation sites (tertiary alicyclic amines) is 1. The van der Waals surface area contributed by atoms with Gasteiger partial charge in [0.1, 0.15) is 10.6 Å². The van der Waals surface area contributed by atoms with E-state index in [1.54, 1.807) is 36.1 Å². The summed E-state index contributed by atoms with van der Waals surface area (Å²) in [5.74, 6) is -0.176. The Morgan fingerprint density at radius 2 is 1.75 bits per heavy atom. The van der Waals surface area contributed by atoms with Crippen molar-refractivity contribution in [2.24, 2.45) is 5.92 Å². The lowest BCUT2D eigenvalue weighted by atomic mass is 9.96. The third kappa shape index (κ3) is 5.12. The summed E-state index contributed by atoms with van der Waals surface area (Å²) >= 11 is 0. The highest BCUT2D eigenvalue weighted by Crippen LogP contribution is 2.25. The van der Waals surface area contributed by atoms with Crippen molar-refractivity contribution in [2.45, 2.75) is 50.5 Å². The van der Waals surface area contributed by atoms with Gasteiger partial charge in [-0.15, -0.1) is 0 Å². The molecule has 2 fully saturated rings. The number of nitrogens with one attached hydrogen (secondary N) is 1. The quantitative estimate of drug-likeness (QED) is 0.674. The van der Waals surface area contributed by atoms with E-state index >= 15 is 0 Å². The number of rotatable bonds is 6. The second kappa shape index (κ2) is 8.94. The van der Waals surface area contributed by atoms with E-state index in [-0.39, 0.29) is 28.4 Å². The number of hydrogen-bond acceptors (Lipinski definition) is 5. The van der Waals surface area contributed by atoms with Crippen molar-refractivity contribution in [2.75, 3.05) is 13.1 Å². The minimum absolute atomic E-state index is 0.0328. The van der Waals surface area contributed by atoms with Crippen LogP contribution in [0.4, 0.5) is 0 Å². The van der Waals surface area contributed by atoms with E-state index in [1.165, 1.54) is 12.1 Å². The molecule has 7 nitrogen and oxygen atoms in total. The largest absolute Gasteiger partial charge is 0.379 e. The SMILES string of the molecule is Cc1ccc(C)c(S(=O)(=O)Oc2ccc(C(=O)N3CCC[C@@H](C(=O)NC4CC4)C3)cc2)c1. The molecule has 32 heavy (non-hydrogen) atoms. The average molecular weight is 457 g/mol. The summed E-state index contributed by atoms with van der Waals surface area (Å²) in [6.07, 6.45) is 3.64. The highest BCUT2D eigenvalue weighted by Gasteiger charge is 2.32. The molecule has 1 saturated carbocycles. The van der Waals surface area contributed by atoms with E-state index in [4.69, 9.17) is 4.18 Å². The normalized spacial score (nSPS) is 18.8. The molecule has 1 atom stereocenters. The van der Waals surface area contributed by atoms with Crippen LogP contribution in [0.1, 0.15) is 47.2 Å². The third-order valence-corrected chi connectivity index (χ3v) is 7.31. The Morgan fingerprint density at radius 3 is 2.44 bits per heavy atom. The van der Waals surface area contributed by atoms with Crippen molar-refractivity contribution in [3.8, 4) is 5.75 Å². The van der Waals surface area contributed by atoms with Gasteiger partial charge in [-0.2, -0.15) is 8.42 Å². The fourth-order valence-electron chi connectivity index (χ4n) is 3.91. The Bertz CT molecular complexity index is 1120. The van der Waals surface area contributed by atoms with Crippen LogP contribution in [0.25, 0.3) is 0 Å². The average Bonchev–Trinajstić information content (AvgIpc) is 3.59. The van der Waals surface area contributed by atoms with Gasteiger partial charge < -0.3 is 14.4 Å². The highest BCUT2D eigenvalue weighted by molar-refractivity contribution is 7.87. The summed E-state index contributed by atoms with van der Waals surface area (Å²) in [7, 11) is -3.98. The van der Waals surface area contributed by atoms with E-state index < -0.39 is 10.1 Å². The lowest BCUT2D eigenvalue weighted by molar-refractivity contribution is -0.126. The van der Waals surface area contributed by atoms with Crippen LogP contribution < -0.4 is 9.50 Å². The summed E-state index contributed by atoms with van der Waals surface area (Å²) in [5, 5.41) is 3.02. The number of aryl methyl sites for hydroxylation is 2. The Kier molecular flexibility index (Phi) is 6.24. The van der Waals surface area contributed by atoms with Gasteiger partial charge in [0.05, 0.1) is 5.92 Å². The zero-order valence-electron chi connectivity index (χ0n) is 18.3. The van der Waals surface area contributed by atoms with E-state index in [9.17, 15) is 18.0 Å². The zero-order valence-corrected chi connectivity index (χ0v) is 19.2. The Hall–Kier alpha value is -2.87. The molecule has 1 heterocycles. The molecular formula is C24H28N2O5S. The third-order valence-electron chi connectivity index (χ3n) is 5.92. The van der Waals surface area contributed by atoms with Crippen LogP contribution in [0.15, 0.2) is 47.4 Å². The van der Waals surface area contributed by atoms with Gasteiger partial charge in [0.2, 0.25) is 5.91 Å². The minimum atomic E-state index is -3.98. The first-order valence-electron chi connectivity index (χ1n) is 10.9.